The van der Waals surface area contributed by atoms with Crippen LogP contribution in [0.1, 0.15) is 29.8 Å². The first-order valence-electron chi connectivity index (χ1n) is 9.04. The molecule has 1 saturated heterocycles. The Labute approximate surface area is 159 Å². The molecule has 0 aliphatic carbocycles. The summed E-state index contributed by atoms with van der Waals surface area (Å²) in [5.74, 6) is 2.86. The molecule has 2 heterocycles. The van der Waals surface area contributed by atoms with Gasteiger partial charge in [0.1, 0.15) is 5.82 Å². The van der Waals surface area contributed by atoms with Gasteiger partial charge >= 0.3 is 0 Å². The molecular formula is C20H26N4OS. The van der Waals surface area contributed by atoms with Crippen LogP contribution in [-0.4, -0.2) is 46.4 Å². The maximum atomic E-state index is 12.7. The van der Waals surface area contributed by atoms with E-state index in [1.807, 2.05) is 37.7 Å². The molecule has 1 aliphatic rings. The van der Waals surface area contributed by atoms with Gasteiger partial charge in [0.15, 0.2) is 0 Å². The van der Waals surface area contributed by atoms with Crippen molar-refractivity contribution in [2.45, 2.75) is 26.4 Å². The van der Waals surface area contributed by atoms with Crippen LogP contribution in [0.25, 0.3) is 0 Å². The van der Waals surface area contributed by atoms with Crippen molar-refractivity contribution in [3.05, 3.63) is 53.7 Å². The predicted molar refractivity (Wildman–Crippen MR) is 110 cm³/mol. The highest BCUT2D eigenvalue weighted by atomic mass is 32.2. The van der Waals surface area contributed by atoms with Crippen molar-refractivity contribution in [1.82, 2.24) is 9.88 Å². The molecule has 5 nitrogen and oxygen atoms in total. The summed E-state index contributed by atoms with van der Waals surface area (Å²) in [6, 6.07) is 11.9. The average Bonchev–Trinajstić information content (AvgIpc) is 2.63. The highest BCUT2D eigenvalue weighted by Gasteiger charge is 2.14. The van der Waals surface area contributed by atoms with E-state index in [0.29, 0.717) is 11.4 Å². The van der Waals surface area contributed by atoms with Gasteiger partial charge in [0.05, 0.1) is 5.56 Å². The molecule has 1 aromatic carbocycles. The Bertz CT molecular complexity index is 744. The Balaban J connectivity index is 1.69. The Morgan fingerprint density at radius 2 is 2.04 bits per heavy atom. The van der Waals surface area contributed by atoms with Crippen LogP contribution < -0.4 is 10.6 Å². The van der Waals surface area contributed by atoms with Crippen molar-refractivity contribution < 1.29 is 4.79 Å². The minimum Gasteiger partial charge on any atom is -0.367 e. The van der Waals surface area contributed by atoms with E-state index in [0.717, 1.165) is 25.3 Å². The van der Waals surface area contributed by atoms with Crippen molar-refractivity contribution >= 4 is 29.2 Å². The summed E-state index contributed by atoms with van der Waals surface area (Å²) in [6.45, 7) is 7.23. The average molecular weight is 371 g/mol. The number of pyridine rings is 1. The van der Waals surface area contributed by atoms with Gasteiger partial charge in [0, 0.05) is 49.1 Å². The summed E-state index contributed by atoms with van der Waals surface area (Å²) in [4.78, 5) is 19.5. The molecule has 0 bridgehead atoms. The van der Waals surface area contributed by atoms with E-state index in [1.165, 1.54) is 17.1 Å². The molecule has 138 valence electrons. The number of aromatic nitrogens is 1. The molecule has 3 rings (SSSR count). The number of anilines is 2. The fourth-order valence-electron chi connectivity index (χ4n) is 2.94. The first-order chi connectivity index (χ1) is 12.6. The highest BCUT2D eigenvalue weighted by molar-refractivity contribution is 7.99. The van der Waals surface area contributed by atoms with Crippen LogP contribution in [0.3, 0.4) is 0 Å². The molecule has 2 aromatic rings. The van der Waals surface area contributed by atoms with Gasteiger partial charge in [-0.1, -0.05) is 12.1 Å². The minimum atomic E-state index is -0.146. The summed E-state index contributed by atoms with van der Waals surface area (Å²) < 4.78 is 0. The maximum Gasteiger partial charge on any atom is 0.259 e. The first kappa shape index (κ1) is 18.7. The lowest BCUT2D eigenvalue weighted by Gasteiger charge is -2.26. The van der Waals surface area contributed by atoms with Gasteiger partial charge in [0.2, 0.25) is 0 Å². The number of benzene rings is 1. The fraction of sp³-hybridized carbons (Fsp3) is 0.400. The van der Waals surface area contributed by atoms with Gasteiger partial charge in [-0.3, -0.25) is 9.69 Å². The van der Waals surface area contributed by atoms with Crippen molar-refractivity contribution in [1.29, 1.82) is 0 Å². The van der Waals surface area contributed by atoms with Crippen LogP contribution in [0.4, 0.5) is 11.5 Å². The Morgan fingerprint density at radius 3 is 2.81 bits per heavy atom. The van der Waals surface area contributed by atoms with Crippen LogP contribution in [0.15, 0.2) is 42.6 Å². The second-order valence-electron chi connectivity index (χ2n) is 6.74. The summed E-state index contributed by atoms with van der Waals surface area (Å²) in [6.07, 6.45) is 1.69. The number of carbonyl (C=O) groups is 1. The van der Waals surface area contributed by atoms with E-state index < -0.39 is 0 Å². The number of nitrogens with one attached hydrogen (secondary N) is 2. The fourth-order valence-corrected chi connectivity index (χ4v) is 3.92. The van der Waals surface area contributed by atoms with E-state index in [4.69, 9.17) is 0 Å². The van der Waals surface area contributed by atoms with Crippen LogP contribution >= 0.6 is 11.8 Å². The monoisotopic (exact) mass is 370 g/mol. The Morgan fingerprint density at radius 1 is 1.23 bits per heavy atom. The van der Waals surface area contributed by atoms with Crippen molar-refractivity contribution in [2.75, 3.05) is 35.2 Å². The standard InChI is InChI=1S/C20H26N4OS/c1-15(2)22-19-18(7-4-8-21-19)20(25)23-17-6-3-5-16(13-17)14-24-9-11-26-12-10-24/h3-8,13,15H,9-12,14H2,1-2H3,(H,21,22)(H,23,25). The summed E-state index contributed by atoms with van der Waals surface area (Å²) in [5, 5.41) is 6.23. The molecule has 0 atom stereocenters. The molecule has 2 N–H and O–H groups in total. The van der Waals surface area contributed by atoms with Crippen molar-refractivity contribution in [3.63, 3.8) is 0 Å². The van der Waals surface area contributed by atoms with Crippen molar-refractivity contribution in [3.8, 4) is 0 Å². The number of carbonyl (C=O) groups excluding carboxylic acids is 1. The molecule has 0 saturated carbocycles. The largest absolute Gasteiger partial charge is 0.367 e. The van der Waals surface area contributed by atoms with E-state index in [2.05, 4.69) is 32.7 Å². The zero-order chi connectivity index (χ0) is 18.4. The number of hydrogen-bond donors (Lipinski definition) is 2. The van der Waals surface area contributed by atoms with Crippen LogP contribution in [-0.2, 0) is 6.54 Å². The second-order valence-corrected chi connectivity index (χ2v) is 7.97. The molecule has 1 aromatic heterocycles. The maximum absolute atomic E-state index is 12.7. The summed E-state index contributed by atoms with van der Waals surface area (Å²) >= 11 is 2.01. The van der Waals surface area contributed by atoms with Crippen molar-refractivity contribution in [2.24, 2.45) is 0 Å². The lowest BCUT2D eigenvalue weighted by atomic mass is 10.1. The lowest BCUT2D eigenvalue weighted by Crippen LogP contribution is -2.31. The van der Waals surface area contributed by atoms with Crippen LogP contribution in [0, 0.1) is 0 Å². The summed E-state index contributed by atoms with van der Waals surface area (Å²) in [7, 11) is 0. The smallest absolute Gasteiger partial charge is 0.259 e. The third kappa shape index (κ3) is 5.22. The molecule has 6 heteroatoms. The number of amides is 1. The molecule has 1 fully saturated rings. The van der Waals surface area contributed by atoms with Gasteiger partial charge < -0.3 is 10.6 Å². The third-order valence-corrected chi connectivity index (χ3v) is 5.11. The van der Waals surface area contributed by atoms with Gasteiger partial charge in [-0.05, 0) is 43.7 Å². The molecule has 0 spiro atoms. The molecule has 0 radical (unpaired) electrons. The topological polar surface area (TPSA) is 57.3 Å². The van der Waals surface area contributed by atoms with E-state index >= 15 is 0 Å². The highest BCUT2D eigenvalue weighted by Crippen LogP contribution is 2.18. The van der Waals surface area contributed by atoms with Gasteiger partial charge in [-0.25, -0.2) is 4.98 Å². The predicted octanol–water partition coefficient (Wildman–Crippen LogP) is 3.70. The minimum absolute atomic E-state index is 0.146. The van der Waals surface area contributed by atoms with Gasteiger partial charge in [-0.15, -0.1) is 0 Å². The second kappa shape index (κ2) is 9.05. The molecule has 1 amide bonds. The Kier molecular flexibility index (Phi) is 6.52. The number of rotatable bonds is 6. The lowest BCUT2D eigenvalue weighted by molar-refractivity contribution is 0.102. The number of nitrogens with zero attached hydrogens (tertiary/aromatic N) is 2. The van der Waals surface area contributed by atoms with E-state index in [1.54, 1.807) is 18.3 Å². The normalized spacial score (nSPS) is 15.0. The number of hydrogen-bond acceptors (Lipinski definition) is 5. The SMILES string of the molecule is CC(C)Nc1ncccc1C(=O)Nc1cccc(CN2CCSCC2)c1. The summed E-state index contributed by atoms with van der Waals surface area (Å²) in [5.41, 5.74) is 2.60. The molecule has 0 unspecified atom stereocenters. The first-order valence-corrected chi connectivity index (χ1v) is 10.2. The van der Waals surface area contributed by atoms with E-state index in [-0.39, 0.29) is 11.9 Å². The quantitative estimate of drug-likeness (QED) is 0.812. The van der Waals surface area contributed by atoms with Gasteiger partial charge in [-0.2, -0.15) is 11.8 Å². The van der Waals surface area contributed by atoms with Gasteiger partial charge in [0.25, 0.3) is 5.91 Å². The van der Waals surface area contributed by atoms with Crippen LogP contribution in [0.5, 0.6) is 0 Å². The van der Waals surface area contributed by atoms with Crippen LogP contribution in [0.2, 0.25) is 0 Å². The zero-order valence-corrected chi connectivity index (χ0v) is 16.2. The Hall–Kier alpha value is -2.05. The molecule has 1 aliphatic heterocycles. The zero-order valence-electron chi connectivity index (χ0n) is 15.4. The molecule has 26 heavy (non-hydrogen) atoms. The number of thioether (sulfide) groups is 1. The molecular weight excluding hydrogens is 344 g/mol. The third-order valence-electron chi connectivity index (χ3n) is 4.17. The van der Waals surface area contributed by atoms with E-state index in [9.17, 15) is 4.79 Å².